The monoisotopic (exact) mass is 375 g/mol. The molecule has 0 bridgehead atoms. The van der Waals surface area contributed by atoms with Gasteiger partial charge in [-0.05, 0) is 29.1 Å². The van der Waals surface area contributed by atoms with E-state index < -0.39 is 5.82 Å². The summed E-state index contributed by atoms with van der Waals surface area (Å²) >= 11 is 1.40. The van der Waals surface area contributed by atoms with Gasteiger partial charge in [0.2, 0.25) is 0 Å². The summed E-state index contributed by atoms with van der Waals surface area (Å²) in [7, 11) is 0. The van der Waals surface area contributed by atoms with Crippen LogP contribution in [0.25, 0.3) is 27.3 Å². The number of thiophene rings is 1. The average molecular weight is 375 g/mol. The number of para-hydroxylation sites is 2. The van der Waals surface area contributed by atoms with Crippen LogP contribution in [0.4, 0.5) is 4.39 Å². The Morgan fingerprint density at radius 1 is 0.963 bits per heavy atom. The van der Waals surface area contributed by atoms with Gasteiger partial charge in [0.05, 0.1) is 22.5 Å². The number of imidazole rings is 1. The minimum absolute atomic E-state index is 0.0638. The van der Waals surface area contributed by atoms with Gasteiger partial charge in [-0.15, -0.1) is 11.3 Å². The first kappa shape index (κ1) is 16.0. The third-order valence-electron chi connectivity index (χ3n) is 4.60. The van der Waals surface area contributed by atoms with Crippen LogP contribution in [-0.2, 0) is 6.54 Å². The molecule has 0 aliphatic carbocycles. The molecular weight excluding hydrogens is 361 g/mol. The van der Waals surface area contributed by atoms with Crippen LogP contribution in [0.3, 0.4) is 0 Å². The predicted molar refractivity (Wildman–Crippen MR) is 106 cm³/mol. The Morgan fingerprint density at radius 2 is 1.74 bits per heavy atom. The Labute approximate surface area is 157 Å². The molecule has 6 heteroatoms. The zero-order valence-electron chi connectivity index (χ0n) is 14.2. The third-order valence-corrected chi connectivity index (χ3v) is 5.47. The molecular formula is C21H14FN3OS. The van der Waals surface area contributed by atoms with Crippen LogP contribution in [0.2, 0.25) is 0 Å². The summed E-state index contributed by atoms with van der Waals surface area (Å²) in [5.41, 5.74) is 2.18. The van der Waals surface area contributed by atoms with Crippen LogP contribution in [-0.4, -0.2) is 14.0 Å². The lowest BCUT2D eigenvalue weighted by Gasteiger charge is -2.14. The largest absolute Gasteiger partial charge is 0.335 e. The van der Waals surface area contributed by atoms with E-state index in [0.29, 0.717) is 15.9 Å². The van der Waals surface area contributed by atoms with Gasteiger partial charge in [0, 0.05) is 0 Å². The summed E-state index contributed by atoms with van der Waals surface area (Å²) in [6.07, 6.45) is 0. The number of hydrogen-bond acceptors (Lipinski definition) is 3. The van der Waals surface area contributed by atoms with E-state index in [0.717, 1.165) is 5.56 Å². The molecule has 0 aliphatic rings. The summed E-state index contributed by atoms with van der Waals surface area (Å²) in [6, 6.07) is 20.5. The van der Waals surface area contributed by atoms with E-state index in [2.05, 4.69) is 4.98 Å². The smallest absolute Gasteiger partial charge is 0.285 e. The second-order valence-electron chi connectivity index (χ2n) is 6.25. The van der Waals surface area contributed by atoms with Crippen LogP contribution >= 0.6 is 11.3 Å². The zero-order chi connectivity index (χ0) is 18.4. The second kappa shape index (κ2) is 6.17. The molecule has 0 aliphatic heterocycles. The van der Waals surface area contributed by atoms with E-state index in [-0.39, 0.29) is 23.6 Å². The topological polar surface area (TPSA) is 39.3 Å². The van der Waals surface area contributed by atoms with E-state index in [9.17, 15) is 4.79 Å². The highest BCUT2D eigenvalue weighted by Gasteiger charge is 2.22. The van der Waals surface area contributed by atoms with Crippen LogP contribution < -0.4 is 5.69 Å². The predicted octanol–water partition coefficient (Wildman–Crippen LogP) is 4.57. The molecule has 0 atom stereocenters. The fraction of sp³-hybridized carbons (Fsp3) is 0.0476. The summed E-state index contributed by atoms with van der Waals surface area (Å²) < 4.78 is 18.4. The highest BCUT2D eigenvalue weighted by atomic mass is 32.1. The van der Waals surface area contributed by atoms with Gasteiger partial charge in [0.15, 0.2) is 11.5 Å². The molecule has 27 heavy (non-hydrogen) atoms. The van der Waals surface area contributed by atoms with Gasteiger partial charge in [0.25, 0.3) is 0 Å². The van der Waals surface area contributed by atoms with Crippen molar-refractivity contribution in [1.29, 1.82) is 0 Å². The van der Waals surface area contributed by atoms with Crippen molar-refractivity contribution < 1.29 is 4.39 Å². The summed E-state index contributed by atoms with van der Waals surface area (Å²) in [4.78, 5) is 18.5. The van der Waals surface area contributed by atoms with Crippen molar-refractivity contribution in [3.8, 4) is 10.6 Å². The molecule has 0 amide bonds. The minimum Gasteiger partial charge on any atom is -0.285 e. The average Bonchev–Trinajstić information content (AvgIpc) is 3.35. The van der Waals surface area contributed by atoms with Crippen LogP contribution in [0.1, 0.15) is 5.56 Å². The van der Waals surface area contributed by atoms with E-state index in [1.807, 2.05) is 60.0 Å². The molecule has 5 rings (SSSR count). The van der Waals surface area contributed by atoms with Gasteiger partial charge in [0.1, 0.15) is 5.69 Å². The van der Waals surface area contributed by atoms with Crippen LogP contribution in [0.15, 0.2) is 76.9 Å². The Balaban J connectivity index is 1.90. The number of hydrogen-bond donors (Lipinski definition) is 0. The van der Waals surface area contributed by atoms with Crippen molar-refractivity contribution in [3.63, 3.8) is 0 Å². The van der Waals surface area contributed by atoms with Crippen molar-refractivity contribution in [2.24, 2.45) is 0 Å². The fourth-order valence-corrected chi connectivity index (χ4v) is 4.15. The Hall–Kier alpha value is -3.25. The Morgan fingerprint density at radius 3 is 2.52 bits per heavy atom. The first-order valence-corrected chi connectivity index (χ1v) is 9.39. The molecule has 3 aromatic heterocycles. The molecule has 0 N–H and O–H groups in total. The van der Waals surface area contributed by atoms with E-state index >= 15 is 4.39 Å². The third kappa shape index (κ3) is 2.49. The number of benzene rings is 2. The van der Waals surface area contributed by atoms with Gasteiger partial charge >= 0.3 is 5.69 Å². The summed E-state index contributed by atoms with van der Waals surface area (Å²) in [5, 5.41) is 1.87. The second-order valence-corrected chi connectivity index (χ2v) is 7.20. The molecule has 132 valence electrons. The molecule has 0 spiro atoms. The quantitative estimate of drug-likeness (QED) is 0.464. The molecule has 0 saturated carbocycles. The molecule has 2 aromatic carbocycles. The number of halogens is 1. The van der Waals surface area contributed by atoms with E-state index in [1.165, 1.54) is 20.3 Å². The lowest BCUT2D eigenvalue weighted by Crippen LogP contribution is -2.29. The maximum Gasteiger partial charge on any atom is 0.335 e. The molecule has 5 aromatic rings. The lowest BCUT2D eigenvalue weighted by atomic mass is 10.2. The molecule has 0 unspecified atom stereocenters. The molecule has 3 heterocycles. The molecule has 0 saturated heterocycles. The summed E-state index contributed by atoms with van der Waals surface area (Å²) in [6.45, 7) is 0.284. The van der Waals surface area contributed by atoms with Gasteiger partial charge in [-0.3, -0.25) is 4.57 Å². The van der Waals surface area contributed by atoms with Crippen LogP contribution in [0.5, 0.6) is 0 Å². The zero-order valence-corrected chi connectivity index (χ0v) is 15.0. The normalized spacial score (nSPS) is 11.4. The molecule has 4 nitrogen and oxygen atoms in total. The molecule has 0 fully saturated rings. The minimum atomic E-state index is -0.482. The van der Waals surface area contributed by atoms with Crippen molar-refractivity contribution in [1.82, 2.24) is 14.0 Å². The SMILES string of the molecule is O=c1n(Cc2ccccc2)c(-c2cccs2)c(F)c2nc3ccccc3n12. The van der Waals surface area contributed by atoms with Gasteiger partial charge in [-0.1, -0.05) is 48.5 Å². The van der Waals surface area contributed by atoms with Gasteiger partial charge in [-0.25, -0.2) is 18.6 Å². The van der Waals surface area contributed by atoms with E-state index in [1.54, 1.807) is 12.1 Å². The highest BCUT2D eigenvalue weighted by molar-refractivity contribution is 7.13. The fourth-order valence-electron chi connectivity index (χ4n) is 3.37. The Bertz CT molecular complexity index is 1320. The number of fused-ring (bicyclic) bond motifs is 3. The van der Waals surface area contributed by atoms with Crippen molar-refractivity contribution in [3.05, 3.63) is 94.0 Å². The molecule has 0 radical (unpaired) electrons. The number of nitrogens with zero attached hydrogens (tertiary/aromatic N) is 3. The standard InChI is InChI=1S/C21H14FN3OS/c22-18-19(17-11-6-12-27-17)24(13-14-7-2-1-3-8-14)21(26)25-16-10-5-4-9-15(16)23-20(18)25/h1-12H,13H2. The van der Waals surface area contributed by atoms with Crippen molar-refractivity contribution in [2.75, 3.05) is 0 Å². The first-order valence-electron chi connectivity index (χ1n) is 8.51. The van der Waals surface area contributed by atoms with Gasteiger partial charge < -0.3 is 0 Å². The first-order chi connectivity index (χ1) is 13.2. The maximum absolute atomic E-state index is 15.6. The van der Waals surface area contributed by atoms with E-state index in [4.69, 9.17) is 0 Å². The van der Waals surface area contributed by atoms with Crippen molar-refractivity contribution >= 4 is 28.0 Å². The summed E-state index contributed by atoms with van der Waals surface area (Å²) in [5.74, 6) is -0.482. The Kier molecular flexibility index (Phi) is 3.65. The van der Waals surface area contributed by atoms with Crippen molar-refractivity contribution in [2.45, 2.75) is 6.54 Å². The van der Waals surface area contributed by atoms with Crippen LogP contribution in [0, 0.1) is 5.82 Å². The van der Waals surface area contributed by atoms with Gasteiger partial charge in [-0.2, -0.15) is 0 Å². The number of rotatable bonds is 3. The number of aromatic nitrogens is 3. The lowest BCUT2D eigenvalue weighted by molar-refractivity contribution is 0.595. The maximum atomic E-state index is 15.6. The highest BCUT2D eigenvalue weighted by Crippen LogP contribution is 2.30.